The van der Waals surface area contributed by atoms with E-state index in [9.17, 15) is 0 Å². The number of aromatic nitrogens is 4. The molecule has 6 heteroatoms. The van der Waals surface area contributed by atoms with Crippen LogP contribution in [0.15, 0.2) is 24.3 Å². The van der Waals surface area contributed by atoms with Gasteiger partial charge >= 0.3 is 0 Å². The van der Waals surface area contributed by atoms with E-state index >= 15 is 0 Å². The first-order valence-electron chi connectivity index (χ1n) is 9.78. The van der Waals surface area contributed by atoms with E-state index in [0.717, 1.165) is 45.0 Å². The number of benzene rings is 1. The fraction of sp³-hybridized carbons (Fsp3) is 0.650. The van der Waals surface area contributed by atoms with Crippen LogP contribution < -0.4 is 0 Å². The summed E-state index contributed by atoms with van der Waals surface area (Å²) in [6.07, 6.45) is 0.981. The molecule has 0 aliphatic carbocycles. The van der Waals surface area contributed by atoms with Gasteiger partial charge in [-0.2, -0.15) is 0 Å². The van der Waals surface area contributed by atoms with E-state index in [0.29, 0.717) is 0 Å². The van der Waals surface area contributed by atoms with Gasteiger partial charge in [0.15, 0.2) is 5.82 Å². The zero-order chi connectivity index (χ0) is 18.7. The van der Waals surface area contributed by atoms with Crippen LogP contribution in [0.4, 0.5) is 0 Å². The third-order valence-electron chi connectivity index (χ3n) is 5.79. The predicted molar refractivity (Wildman–Crippen MR) is 104 cm³/mol. The fourth-order valence-corrected chi connectivity index (χ4v) is 3.56. The summed E-state index contributed by atoms with van der Waals surface area (Å²) in [4.78, 5) is 5.03. The topological polar surface area (TPSA) is 50.1 Å². The van der Waals surface area contributed by atoms with Gasteiger partial charge in [0.1, 0.15) is 0 Å². The monoisotopic (exact) mass is 356 g/mol. The molecule has 0 N–H and O–H groups in total. The Balaban J connectivity index is 1.99. The van der Waals surface area contributed by atoms with Crippen LogP contribution in [0.25, 0.3) is 0 Å². The van der Waals surface area contributed by atoms with Crippen LogP contribution in [0.5, 0.6) is 0 Å². The van der Waals surface area contributed by atoms with E-state index in [1.807, 2.05) is 4.68 Å². The lowest BCUT2D eigenvalue weighted by atomic mass is 9.98. The van der Waals surface area contributed by atoms with Crippen molar-refractivity contribution in [3.8, 4) is 0 Å². The standard InChI is InChI=1S/C20H32N6/c1-6-20(4,5)26-19(21-22-23-26)18(17-10-8-16(3)9-11-17)25-14-12-24(7-2)13-15-25/h8-11,18H,6-7,12-15H2,1-5H3. The van der Waals surface area contributed by atoms with Crippen molar-refractivity contribution in [3.63, 3.8) is 0 Å². The summed E-state index contributed by atoms with van der Waals surface area (Å²) in [5, 5.41) is 12.9. The molecule has 6 nitrogen and oxygen atoms in total. The van der Waals surface area contributed by atoms with Crippen molar-refractivity contribution in [2.75, 3.05) is 32.7 Å². The molecule has 1 aliphatic rings. The average molecular weight is 357 g/mol. The molecule has 1 aromatic heterocycles. The smallest absolute Gasteiger partial charge is 0.173 e. The molecule has 1 aromatic carbocycles. The third kappa shape index (κ3) is 3.81. The summed E-state index contributed by atoms with van der Waals surface area (Å²) in [5.41, 5.74) is 2.44. The summed E-state index contributed by atoms with van der Waals surface area (Å²) >= 11 is 0. The van der Waals surface area contributed by atoms with E-state index in [-0.39, 0.29) is 11.6 Å². The molecule has 1 unspecified atom stereocenters. The summed E-state index contributed by atoms with van der Waals surface area (Å²) in [6.45, 7) is 16.3. The van der Waals surface area contributed by atoms with Crippen molar-refractivity contribution < 1.29 is 0 Å². The molecule has 3 rings (SSSR count). The van der Waals surface area contributed by atoms with Gasteiger partial charge < -0.3 is 4.90 Å². The Hall–Kier alpha value is -1.79. The largest absolute Gasteiger partial charge is 0.301 e. The number of hydrogen-bond acceptors (Lipinski definition) is 5. The molecular weight excluding hydrogens is 324 g/mol. The van der Waals surface area contributed by atoms with Crippen LogP contribution in [0.3, 0.4) is 0 Å². The number of aryl methyl sites for hydroxylation is 1. The first-order chi connectivity index (χ1) is 12.5. The lowest BCUT2D eigenvalue weighted by molar-refractivity contribution is 0.105. The van der Waals surface area contributed by atoms with Crippen LogP contribution in [-0.2, 0) is 5.54 Å². The van der Waals surface area contributed by atoms with Crippen molar-refractivity contribution in [1.29, 1.82) is 0 Å². The van der Waals surface area contributed by atoms with Gasteiger partial charge in [-0.1, -0.05) is 43.7 Å². The van der Waals surface area contributed by atoms with Crippen LogP contribution >= 0.6 is 0 Å². The van der Waals surface area contributed by atoms with Gasteiger partial charge in [-0.05, 0) is 49.7 Å². The Morgan fingerprint density at radius 1 is 1.04 bits per heavy atom. The maximum Gasteiger partial charge on any atom is 0.173 e. The molecule has 1 aliphatic heterocycles. The molecular formula is C20H32N6. The number of likely N-dealkylation sites (N-methyl/N-ethyl adjacent to an activating group) is 1. The Labute approximate surface area is 157 Å². The maximum atomic E-state index is 4.49. The lowest BCUT2D eigenvalue weighted by Gasteiger charge is -2.39. The molecule has 1 saturated heterocycles. The average Bonchev–Trinajstić information content (AvgIpc) is 3.14. The zero-order valence-corrected chi connectivity index (χ0v) is 16.8. The van der Waals surface area contributed by atoms with Gasteiger partial charge in [-0.25, -0.2) is 4.68 Å². The van der Waals surface area contributed by atoms with Gasteiger partial charge in [-0.3, -0.25) is 4.90 Å². The number of rotatable bonds is 6. The molecule has 1 fully saturated rings. The highest BCUT2D eigenvalue weighted by molar-refractivity contribution is 5.28. The molecule has 2 heterocycles. The van der Waals surface area contributed by atoms with Gasteiger partial charge in [0.2, 0.25) is 0 Å². The molecule has 0 saturated carbocycles. The van der Waals surface area contributed by atoms with Crippen molar-refractivity contribution in [2.24, 2.45) is 0 Å². The van der Waals surface area contributed by atoms with Crippen molar-refractivity contribution in [2.45, 2.75) is 52.6 Å². The Bertz CT molecular complexity index is 697. The quantitative estimate of drug-likeness (QED) is 0.797. The van der Waals surface area contributed by atoms with Gasteiger partial charge in [0, 0.05) is 26.2 Å². The maximum absolute atomic E-state index is 4.49. The first-order valence-corrected chi connectivity index (χ1v) is 9.78. The van der Waals surface area contributed by atoms with Crippen molar-refractivity contribution in [3.05, 3.63) is 41.2 Å². The van der Waals surface area contributed by atoms with E-state index in [1.54, 1.807) is 0 Å². The highest BCUT2D eigenvalue weighted by Gasteiger charge is 2.33. The Kier molecular flexibility index (Phi) is 5.73. The van der Waals surface area contributed by atoms with E-state index in [1.165, 1.54) is 11.1 Å². The van der Waals surface area contributed by atoms with E-state index < -0.39 is 0 Å². The summed E-state index contributed by atoms with van der Waals surface area (Å²) in [6, 6.07) is 8.91. The van der Waals surface area contributed by atoms with Crippen LogP contribution in [0, 0.1) is 6.92 Å². The number of tetrazole rings is 1. The van der Waals surface area contributed by atoms with Gasteiger partial charge in [-0.15, -0.1) is 5.10 Å². The minimum atomic E-state index is -0.104. The molecule has 142 valence electrons. The normalized spacial score (nSPS) is 18.2. The molecule has 1 atom stereocenters. The van der Waals surface area contributed by atoms with Gasteiger partial charge in [0.05, 0.1) is 11.6 Å². The summed E-state index contributed by atoms with van der Waals surface area (Å²) < 4.78 is 2.03. The summed E-state index contributed by atoms with van der Waals surface area (Å²) in [5.74, 6) is 0.950. The lowest BCUT2D eigenvalue weighted by Crippen LogP contribution is -2.48. The summed E-state index contributed by atoms with van der Waals surface area (Å²) in [7, 11) is 0. The van der Waals surface area contributed by atoms with Crippen LogP contribution in [0.2, 0.25) is 0 Å². The molecule has 2 aromatic rings. The van der Waals surface area contributed by atoms with Crippen molar-refractivity contribution in [1.82, 2.24) is 30.0 Å². The minimum Gasteiger partial charge on any atom is -0.301 e. The molecule has 0 bridgehead atoms. The highest BCUT2D eigenvalue weighted by atomic mass is 15.6. The van der Waals surface area contributed by atoms with E-state index in [2.05, 4.69) is 84.2 Å². The molecule has 26 heavy (non-hydrogen) atoms. The predicted octanol–water partition coefficient (Wildman–Crippen LogP) is 2.85. The molecule has 0 radical (unpaired) electrons. The molecule has 0 amide bonds. The molecule has 0 spiro atoms. The second-order valence-corrected chi connectivity index (χ2v) is 7.90. The second-order valence-electron chi connectivity index (χ2n) is 7.90. The highest BCUT2D eigenvalue weighted by Crippen LogP contribution is 2.31. The number of piperazine rings is 1. The minimum absolute atomic E-state index is 0.0930. The SMILES string of the molecule is CCN1CCN(C(c2ccc(C)cc2)c2nnnn2C(C)(C)CC)CC1. The zero-order valence-electron chi connectivity index (χ0n) is 16.8. The Morgan fingerprint density at radius 3 is 2.27 bits per heavy atom. The van der Waals surface area contributed by atoms with E-state index in [4.69, 9.17) is 0 Å². The number of nitrogens with zero attached hydrogens (tertiary/aromatic N) is 6. The number of hydrogen-bond donors (Lipinski definition) is 0. The van der Waals surface area contributed by atoms with Crippen LogP contribution in [-0.4, -0.2) is 62.7 Å². The van der Waals surface area contributed by atoms with Crippen molar-refractivity contribution >= 4 is 0 Å². The van der Waals surface area contributed by atoms with Gasteiger partial charge in [0.25, 0.3) is 0 Å². The third-order valence-corrected chi connectivity index (χ3v) is 5.79. The second kappa shape index (κ2) is 7.84. The van der Waals surface area contributed by atoms with Crippen LogP contribution in [0.1, 0.15) is 57.1 Å². The Morgan fingerprint density at radius 2 is 1.69 bits per heavy atom. The first kappa shape index (κ1) is 19.0. The fourth-order valence-electron chi connectivity index (χ4n) is 3.56.